The third-order valence-corrected chi connectivity index (χ3v) is 3.46. The average Bonchev–Trinajstić information content (AvgIpc) is 2.35. The van der Waals surface area contributed by atoms with Crippen LogP contribution < -0.4 is 14.2 Å². The zero-order chi connectivity index (χ0) is 13.3. The lowest BCUT2D eigenvalue weighted by Crippen LogP contribution is -2.21. The summed E-state index contributed by atoms with van der Waals surface area (Å²) >= 11 is 0. The zero-order valence-corrected chi connectivity index (χ0v) is 11.7. The lowest BCUT2D eigenvalue weighted by atomic mass is 9.75. The van der Waals surface area contributed by atoms with Crippen LogP contribution in [0.4, 0.5) is 0 Å². The Balaban J connectivity index is 2.77. The summed E-state index contributed by atoms with van der Waals surface area (Å²) in [7, 11) is 4.95. The predicted octanol–water partition coefficient (Wildman–Crippen LogP) is 3.41. The Morgan fingerprint density at radius 2 is 1.67 bits per heavy atom. The molecule has 0 amide bonds. The summed E-state index contributed by atoms with van der Waals surface area (Å²) in [5.74, 6) is 2.15. The highest BCUT2D eigenvalue weighted by Gasteiger charge is 2.32. The summed E-state index contributed by atoms with van der Waals surface area (Å²) in [6.07, 6.45) is 5.30. The van der Waals surface area contributed by atoms with E-state index in [9.17, 15) is 0 Å². The maximum atomic E-state index is 5.57. The van der Waals surface area contributed by atoms with Crippen LogP contribution >= 0.6 is 0 Å². The maximum absolute atomic E-state index is 5.57. The molecular weight excluding hydrogens is 228 g/mol. The monoisotopic (exact) mass is 248 g/mol. The molecule has 0 saturated carbocycles. The summed E-state index contributed by atoms with van der Waals surface area (Å²) in [5, 5.41) is 0. The molecule has 98 valence electrons. The van der Waals surface area contributed by atoms with E-state index < -0.39 is 0 Å². The van der Waals surface area contributed by atoms with Gasteiger partial charge in [-0.3, -0.25) is 0 Å². The second kappa shape index (κ2) is 4.56. The Bertz CT molecular complexity index is 487. The Kier molecular flexibility index (Phi) is 3.24. The molecule has 2 rings (SSSR count). The van der Waals surface area contributed by atoms with E-state index >= 15 is 0 Å². The van der Waals surface area contributed by atoms with Crippen molar-refractivity contribution in [1.82, 2.24) is 0 Å². The van der Waals surface area contributed by atoms with Gasteiger partial charge < -0.3 is 14.2 Å². The predicted molar refractivity (Wildman–Crippen MR) is 72.8 cm³/mol. The molecule has 0 radical (unpaired) electrons. The number of ether oxygens (including phenoxy) is 3. The van der Waals surface area contributed by atoms with E-state index in [2.05, 4.69) is 26.0 Å². The summed E-state index contributed by atoms with van der Waals surface area (Å²) in [6, 6.07) is 2.01. The minimum Gasteiger partial charge on any atom is -0.493 e. The van der Waals surface area contributed by atoms with Gasteiger partial charge in [0.05, 0.1) is 21.3 Å². The highest BCUT2D eigenvalue weighted by Crippen LogP contribution is 2.49. The fourth-order valence-electron chi connectivity index (χ4n) is 2.59. The third-order valence-electron chi connectivity index (χ3n) is 3.46. The van der Waals surface area contributed by atoms with Crippen LogP contribution in [0.3, 0.4) is 0 Å². The molecule has 3 nitrogen and oxygen atoms in total. The molecular formula is C15H20O3. The smallest absolute Gasteiger partial charge is 0.203 e. The van der Waals surface area contributed by atoms with Crippen LogP contribution in [0.15, 0.2) is 12.1 Å². The highest BCUT2D eigenvalue weighted by molar-refractivity contribution is 5.71. The van der Waals surface area contributed by atoms with Crippen LogP contribution in [0, 0.1) is 0 Å². The van der Waals surface area contributed by atoms with E-state index in [4.69, 9.17) is 14.2 Å². The van der Waals surface area contributed by atoms with Gasteiger partial charge in [-0.25, -0.2) is 0 Å². The van der Waals surface area contributed by atoms with Gasteiger partial charge >= 0.3 is 0 Å². The van der Waals surface area contributed by atoms with Gasteiger partial charge in [0, 0.05) is 5.56 Å². The van der Waals surface area contributed by atoms with Gasteiger partial charge in [-0.05, 0) is 23.5 Å². The average molecular weight is 248 g/mol. The van der Waals surface area contributed by atoms with E-state index in [0.29, 0.717) is 11.5 Å². The first-order valence-corrected chi connectivity index (χ1v) is 6.05. The maximum Gasteiger partial charge on any atom is 0.203 e. The van der Waals surface area contributed by atoms with Gasteiger partial charge in [0.15, 0.2) is 11.5 Å². The van der Waals surface area contributed by atoms with Gasteiger partial charge in [0.1, 0.15) is 0 Å². The zero-order valence-electron chi connectivity index (χ0n) is 11.7. The molecule has 1 aromatic carbocycles. The Morgan fingerprint density at radius 3 is 2.22 bits per heavy atom. The number of methoxy groups -OCH3 is 3. The van der Waals surface area contributed by atoms with Crippen LogP contribution in [0.25, 0.3) is 6.08 Å². The highest BCUT2D eigenvalue weighted by atomic mass is 16.5. The van der Waals surface area contributed by atoms with Crippen LogP contribution in [0.5, 0.6) is 17.2 Å². The van der Waals surface area contributed by atoms with Crippen molar-refractivity contribution in [2.75, 3.05) is 21.3 Å². The van der Waals surface area contributed by atoms with E-state index in [0.717, 1.165) is 17.7 Å². The molecule has 0 N–H and O–H groups in total. The molecule has 3 heteroatoms. The molecule has 0 bridgehead atoms. The second-order valence-corrected chi connectivity index (χ2v) is 5.10. The minimum atomic E-state index is 0.0367. The lowest BCUT2D eigenvalue weighted by molar-refractivity contribution is 0.316. The fraction of sp³-hybridized carbons (Fsp3) is 0.467. The molecule has 0 aromatic heterocycles. The van der Waals surface area contributed by atoms with Crippen molar-refractivity contribution in [3.8, 4) is 17.2 Å². The van der Waals surface area contributed by atoms with Crippen LogP contribution in [-0.2, 0) is 5.41 Å². The van der Waals surface area contributed by atoms with Gasteiger partial charge in [-0.2, -0.15) is 0 Å². The molecule has 1 aromatic rings. The van der Waals surface area contributed by atoms with Crippen molar-refractivity contribution in [2.45, 2.75) is 25.7 Å². The Morgan fingerprint density at radius 1 is 1.00 bits per heavy atom. The number of hydrogen-bond donors (Lipinski definition) is 0. The van der Waals surface area contributed by atoms with Crippen molar-refractivity contribution in [3.63, 3.8) is 0 Å². The largest absolute Gasteiger partial charge is 0.493 e. The third kappa shape index (κ3) is 1.84. The fourth-order valence-corrected chi connectivity index (χ4v) is 2.59. The standard InChI is InChI=1S/C15H20O3/c1-15(2)8-6-7-10-9-11(16-3)13(17-4)14(18-5)12(10)15/h6-7,9H,8H2,1-5H3. The molecule has 18 heavy (non-hydrogen) atoms. The minimum absolute atomic E-state index is 0.0367. The van der Waals surface area contributed by atoms with Crippen molar-refractivity contribution >= 4 is 6.08 Å². The molecule has 1 aliphatic rings. The SMILES string of the molecule is COc1cc2c(c(OC)c1OC)C(C)(C)CC=C2. The van der Waals surface area contributed by atoms with Crippen molar-refractivity contribution < 1.29 is 14.2 Å². The van der Waals surface area contributed by atoms with Gasteiger partial charge in [0.25, 0.3) is 0 Å². The number of allylic oxidation sites excluding steroid dienone is 1. The summed E-state index contributed by atoms with van der Waals surface area (Å²) in [4.78, 5) is 0. The molecule has 0 unspecified atom stereocenters. The number of hydrogen-bond acceptors (Lipinski definition) is 3. The number of rotatable bonds is 3. The van der Waals surface area contributed by atoms with Crippen molar-refractivity contribution in [1.29, 1.82) is 0 Å². The molecule has 0 saturated heterocycles. The first-order valence-electron chi connectivity index (χ1n) is 6.05. The van der Waals surface area contributed by atoms with E-state index in [1.54, 1.807) is 21.3 Å². The topological polar surface area (TPSA) is 27.7 Å². The van der Waals surface area contributed by atoms with E-state index in [1.807, 2.05) is 6.07 Å². The van der Waals surface area contributed by atoms with Gasteiger partial charge in [0.2, 0.25) is 5.75 Å². The summed E-state index contributed by atoms with van der Waals surface area (Å²) in [6.45, 7) is 4.42. The molecule has 0 fully saturated rings. The lowest BCUT2D eigenvalue weighted by Gasteiger charge is -2.32. The first-order chi connectivity index (χ1) is 8.55. The van der Waals surface area contributed by atoms with E-state index in [1.165, 1.54) is 5.56 Å². The second-order valence-electron chi connectivity index (χ2n) is 5.10. The quantitative estimate of drug-likeness (QED) is 0.820. The molecule has 0 aliphatic heterocycles. The number of benzene rings is 1. The molecule has 0 atom stereocenters. The van der Waals surface area contributed by atoms with E-state index in [-0.39, 0.29) is 5.41 Å². The Labute approximate surface area is 108 Å². The molecule has 0 heterocycles. The normalized spacial score (nSPS) is 16.1. The van der Waals surface area contributed by atoms with Crippen LogP contribution in [0.2, 0.25) is 0 Å². The summed E-state index contributed by atoms with van der Waals surface area (Å²) in [5.41, 5.74) is 2.36. The van der Waals surface area contributed by atoms with Crippen molar-refractivity contribution in [3.05, 3.63) is 23.3 Å². The number of fused-ring (bicyclic) bond motifs is 1. The van der Waals surface area contributed by atoms with Crippen LogP contribution in [0.1, 0.15) is 31.4 Å². The van der Waals surface area contributed by atoms with Crippen molar-refractivity contribution in [2.24, 2.45) is 0 Å². The summed E-state index contributed by atoms with van der Waals surface area (Å²) < 4.78 is 16.4. The van der Waals surface area contributed by atoms with Crippen LogP contribution in [-0.4, -0.2) is 21.3 Å². The van der Waals surface area contributed by atoms with Gasteiger partial charge in [-0.15, -0.1) is 0 Å². The van der Waals surface area contributed by atoms with Gasteiger partial charge in [-0.1, -0.05) is 26.0 Å². The first kappa shape index (κ1) is 12.8. The Hall–Kier alpha value is -1.64. The molecule has 0 spiro atoms. The molecule has 1 aliphatic carbocycles.